The maximum Gasteiger partial charge on any atom is 0.0672 e. The van der Waals surface area contributed by atoms with E-state index in [1.54, 1.807) is 0 Å². The Bertz CT molecular complexity index is 668. The molecule has 0 heterocycles. The van der Waals surface area contributed by atoms with Gasteiger partial charge >= 0.3 is 0 Å². The first kappa shape index (κ1) is 12.6. The van der Waals surface area contributed by atoms with Crippen LogP contribution in [0.3, 0.4) is 0 Å². The molecule has 1 fully saturated rings. The van der Waals surface area contributed by atoms with Gasteiger partial charge in [-0.3, -0.25) is 0 Å². The van der Waals surface area contributed by atoms with E-state index in [0.29, 0.717) is 6.04 Å². The summed E-state index contributed by atoms with van der Waals surface area (Å²) in [4.78, 5) is 0. The van der Waals surface area contributed by atoms with Crippen LogP contribution < -0.4 is 5.32 Å². The molecule has 2 aromatic carbocycles. The molecular weight excluding hydrogens is 256 g/mol. The first-order chi connectivity index (χ1) is 10.4. The normalized spacial score (nSPS) is 23.6. The standard InChI is InChI=1S/C19H18N2/c20-12-13-6-5-11-18(13)21-19-16-9-3-1-7-14(16)15-8-2-4-10-17(15)19/h1-4,7-10,13,18-19,21H,5-6,11H2. The zero-order valence-electron chi connectivity index (χ0n) is 11.9. The number of nitriles is 1. The molecule has 2 aliphatic carbocycles. The molecule has 0 bridgehead atoms. The molecule has 0 radical (unpaired) electrons. The van der Waals surface area contributed by atoms with E-state index in [-0.39, 0.29) is 12.0 Å². The Morgan fingerprint density at radius 1 is 0.905 bits per heavy atom. The van der Waals surface area contributed by atoms with Gasteiger partial charge in [0.2, 0.25) is 0 Å². The van der Waals surface area contributed by atoms with Crippen LogP contribution in [0.2, 0.25) is 0 Å². The van der Waals surface area contributed by atoms with Crippen molar-refractivity contribution in [3.63, 3.8) is 0 Å². The highest BCUT2D eigenvalue weighted by Gasteiger charge is 2.34. The van der Waals surface area contributed by atoms with Crippen molar-refractivity contribution in [3.05, 3.63) is 59.7 Å². The predicted molar refractivity (Wildman–Crippen MR) is 83.6 cm³/mol. The lowest BCUT2D eigenvalue weighted by atomic mass is 10.0. The summed E-state index contributed by atoms with van der Waals surface area (Å²) in [6.45, 7) is 0. The summed E-state index contributed by atoms with van der Waals surface area (Å²) < 4.78 is 0. The van der Waals surface area contributed by atoms with Crippen molar-refractivity contribution >= 4 is 0 Å². The van der Waals surface area contributed by atoms with Crippen LogP contribution in [0.1, 0.15) is 36.4 Å². The monoisotopic (exact) mass is 274 g/mol. The topological polar surface area (TPSA) is 35.8 Å². The molecule has 2 atom stereocenters. The molecule has 104 valence electrons. The second kappa shape index (κ2) is 5.02. The van der Waals surface area contributed by atoms with Crippen LogP contribution in [0.25, 0.3) is 11.1 Å². The van der Waals surface area contributed by atoms with Gasteiger partial charge in [0.05, 0.1) is 18.0 Å². The second-order valence-corrected chi connectivity index (χ2v) is 6.05. The van der Waals surface area contributed by atoms with Crippen molar-refractivity contribution in [2.45, 2.75) is 31.3 Å². The summed E-state index contributed by atoms with van der Waals surface area (Å²) in [6.07, 6.45) is 3.30. The molecule has 2 aromatic rings. The van der Waals surface area contributed by atoms with Gasteiger partial charge in [-0.15, -0.1) is 0 Å². The summed E-state index contributed by atoms with van der Waals surface area (Å²) in [5, 5.41) is 13.1. The van der Waals surface area contributed by atoms with Gasteiger partial charge in [0.1, 0.15) is 0 Å². The SMILES string of the molecule is N#CC1CCCC1NC1c2ccccc2-c2ccccc21. The highest BCUT2D eigenvalue weighted by atomic mass is 15.0. The molecule has 2 nitrogen and oxygen atoms in total. The van der Waals surface area contributed by atoms with Gasteiger partial charge in [0, 0.05) is 6.04 Å². The molecule has 0 saturated heterocycles. The Kier molecular flexibility index (Phi) is 3.02. The maximum absolute atomic E-state index is 9.31. The molecule has 2 unspecified atom stereocenters. The molecule has 2 heteroatoms. The minimum atomic E-state index is 0.157. The number of nitrogens with zero attached hydrogens (tertiary/aromatic N) is 1. The van der Waals surface area contributed by atoms with Crippen molar-refractivity contribution < 1.29 is 0 Å². The van der Waals surface area contributed by atoms with E-state index in [1.807, 2.05) is 0 Å². The van der Waals surface area contributed by atoms with Crippen LogP contribution >= 0.6 is 0 Å². The highest BCUT2D eigenvalue weighted by Crippen LogP contribution is 2.44. The van der Waals surface area contributed by atoms with Crippen molar-refractivity contribution in [2.24, 2.45) is 5.92 Å². The molecule has 21 heavy (non-hydrogen) atoms. The summed E-state index contributed by atoms with van der Waals surface area (Å²) in [7, 11) is 0. The Balaban J connectivity index is 1.74. The quantitative estimate of drug-likeness (QED) is 0.897. The van der Waals surface area contributed by atoms with E-state index < -0.39 is 0 Å². The Labute approximate surface area is 125 Å². The minimum absolute atomic E-state index is 0.157. The molecule has 0 amide bonds. The fraction of sp³-hybridized carbons (Fsp3) is 0.316. The van der Waals surface area contributed by atoms with E-state index in [0.717, 1.165) is 19.3 Å². The van der Waals surface area contributed by atoms with E-state index in [1.165, 1.54) is 22.3 Å². The van der Waals surface area contributed by atoms with Gasteiger partial charge in [-0.05, 0) is 35.1 Å². The fourth-order valence-corrected chi connectivity index (χ4v) is 3.86. The summed E-state index contributed by atoms with van der Waals surface area (Å²) in [5.74, 6) is 0.157. The molecular formula is C19H18N2. The van der Waals surface area contributed by atoms with Gasteiger partial charge in [0.15, 0.2) is 0 Å². The minimum Gasteiger partial charge on any atom is -0.302 e. The first-order valence-electron chi connectivity index (χ1n) is 7.72. The van der Waals surface area contributed by atoms with Crippen molar-refractivity contribution in [2.75, 3.05) is 0 Å². The number of nitrogens with one attached hydrogen (secondary N) is 1. The van der Waals surface area contributed by atoms with Gasteiger partial charge < -0.3 is 5.32 Å². The highest BCUT2D eigenvalue weighted by molar-refractivity contribution is 5.78. The third-order valence-corrected chi connectivity index (χ3v) is 4.90. The lowest BCUT2D eigenvalue weighted by molar-refractivity contribution is 0.435. The van der Waals surface area contributed by atoms with Crippen molar-refractivity contribution in [1.82, 2.24) is 5.32 Å². The van der Waals surface area contributed by atoms with Crippen molar-refractivity contribution in [3.8, 4) is 17.2 Å². The van der Waals surface area contributed by atoms with E-state index in [2.05, 4.69) is 59.9 Å². The number of fused-ring (bicyclic) bond motifs is 3. The Morgan fingerprint density at radius 2 is 1.52 bits per heavy atom. The van der Waals surface area contributed by atoms with Crippen LogP contribution in [0.5, 0.6) is 0 Å². The molecule has 2 aliphatic rings. The Morgan fingerprint density at radius 3 is 2.14 bits per heavy atom. The number of rotatable bonds is 2. The zero-order chi connectivity index (χ0) is 14.2. The van der Waals surface area contributed by atoms with Crippen molar-refractivity contribution in [1.29, 1.82) is 5.26 Å². The van der Waals surface area contributed by atoms with Crippen LogP contribution in [-0.4, -0.2) is 6.04 Å². The number of hydrogen-bond acceptors (Lipinski definition) is 2. The molecule has 0 aromatic heterocycles. The fourth-order valence-electron chi connectivity index (χ4n) is 3.86. The summed E-state index contributed by atoms with van der Waals surface area (Å²) in [6, 6.07) is 20.3. The molecule has 1 N–H and O–H groups in total. The van der Waals surface area contributed by atoms with Gasteiger partial charge in [-0.1, -0.05) is 55.0 Å². The molecule has 0 spiro atoms. The zero-order valence-corrected chi connectivity index (χ0v) is 11.9. The van der Waals surface area contributed by atoms with E-state index >= 15 is 0 Å². The van der Waals surface area contributed by atoms with E-state index in [4.69, 9.17) is 0 Å². The maximum atomic E-state index is 9.31. The van der Waals surface area contributed by atoms with Gasteiger partial charge in [-0.25, -0.2) is 0 Å². The summed E-state index contributed by atoms with van der Waals surface area (Å²) >= 11 is 0. The predicted octanol–water partition coefficient (Wildman–Crippen LogP) is 4.04. The van der Waals surface area contributed by atoms with Crippen LogP contribution in [0.15, 0.2) is 48.5 Å². The average molecular weight is 274 g/mol. The third kappa shape index (κ3) is 1.97. The lowest BCUT2D eigenvalue weighted by Gasteiger charge is -2.23. The lowest BCUT2D eigenvalue weighted by Crippen LogP contribution is -2.34. The van der Waals surface area contributed by atoms with Gasteiger partial charge in [-0.2, -0.15) is 5.26 Å². The number of hydrogen-bond donors (Lipinski definition) is 1. The van der Waals surface area contributed by atoms with E-state index in [9.17, 15) is 5.26 Å². The first-order valence-corrected chi connectivity index (χ1v) is 7.72. The van der Waals surface area contributed by atoms with Gasteiger partial charge in [0.25, 0.3) is 0 Å². The molecule has 4 rings (SSSR count). The number of benzene rings is 2. The average Bonchev–Trinajstić information content (AvgIpc) is 3.11. The molecule has 0 aliphatic heterocycles. The van der Waals surface area contributed by atoms with Crippen LogP contribution in [-0.2, 0) is 0 Å². The smallest absolute Gasteiger partial charge is 0.0672 e. The largest absolute Gasteiger partial charge is 0.302 e. The second-order valence-electron chi connectivity index (χ2n) is 6.05. The third-order valence-electron chi connectivity index (χ3n) is 4.90. The van der Waals surface area contributed by atoms with Crippen LogP contribution in [0, 0.1) is 17.2 Å². The van der Waals surface area contributed by atoms with Crippen LogP contribution in [0.4, 0.5) is 0 Å². The molecule has 1 saturated carbocycles. The Hall–Kier alpha value is -2.11. The summed E-state index contributed by atoms with van der Waals surface area (Å²) in [5.41, 5.74) is 5.36.